The summed E-state index contributed by atoms with van der Waals surface area (Å²) in [5.41, 5.74) is -1.10. The molecule has 5 aliphatic heterocycles. The molecule has 4 saturated carbocycles. The van der Waals surface area contributed by atoms with E-state index in [1.165, 1.54) is 13.8 Å². The molecule has 9 aliphatic rings. The molecule has 0 aromatic heterocycles. The molecule has 432 valence electrons. The van der Waals surface area contributed by atoms with Gasteiger partial charge in [0.1, 0.15) is 103 Å². The maximum Gasteiger partial charge on any atom is 0.187 e. The van der Waals surface area contributed by atoms with Crippen LogP contribution in [0.1, 0.15) is 92.9 Å². The Hall–Kier alpha value is -1.34. The summed E-state index contributed by atoms with van der Waals surface area (Å²) >= 11 is 0. The van der Waals surface area contributed by atoms with E-state index in [1.54, 1.807) is 7.11 Å². The van der Waals surface area contributed by atoms with Gasteiger partial charge in [-0.05, 0) is 119 Å². The van der Waals surface area contributed by atoms with Crippen molar-refractivity contribution in [3.8, 4) is 0 Å². The van der Waals surface area contributed by atoms with E-state index in [0.29, 0.717) is 31.1 Å². The fourth-order valence-corrected chi connectivity index (χ4v) is 15.4. The van der Waals surface area contributed by atoms with Crippen molar-refractivity contribution in [3.05, 3.63) is 11.8 Å². The molecule has 9 rings (SSSR count). The van der Waals surface area contributed by atoms with Crippen molar-refractivity contribution in [1.29, 1.82) is 0 Å². The minimum absolute atomic E-state index is 0.0586. The maximum atomic E-state index is 12.2. The highest BCUT2D eigenvalue weighted by Crippen LogP contribution is 2.71. The first-order valence-electron chi connectivity index (χ1n) is 27.2. The Bertz CT molecular complexity index is 1950. The molecule has 0 spiro atoms. The monoisotopic (exact) mass is 1080 g/mol. The van der Waals surface area contributed by atoms with Crippen molar-refractivity contribution in [3.63, 3.8) is 0 Å². The van der Waals surface area contributed by atoms with Gasteiger partial charge >= 0.3 is 0 Å². The number of rotatable bonds is 14. The number of fused-ring (bicyclic) bond motifs is 7. The third kappa shape index (κ3) is 10.3. The zero-order chi connectivity index (χ0) is 54.4. The van der Waals surface area contributed by atoms with Gasteiger partial charge in [0.05, 0.1) is 44.2 Å². The highest BCUT2D eigenvalue weighted by molar-refractivity contribution is 5.27. The van der Waals surface area contributed by atoms with Crippen LogP contribution in [-0.2, 0) is 47.4 Å². The first-order chi connectivity index (χ1) is 35.4. The molecule has 23 nitrogen and oxygen atoms in total. The number of methoxy groups -OCH3 is 1. The standard InChI is InChI=1S/C52H86O23/c1-20(19-67-46-39(62)38(61)35(58)30(17-53)72-46)8-11-32-52(6,66-7)45-29(70-32)15-26-24-10-9-23-14-28(27(55)16-51(23,5)25(24)12-13-50(26,45)4)71-49-44(75-48-41(64)37(60)34(57)22(3)69-48)42(65)43(31(18-54)73-49)74-47-40(63)36(59)33(56)21(2)68-47/h11,20-31,33-49,53-65H,8-10,12-19H2,1-7H3. The van der Waals surface area contributed by atoms with Crippen LogP contribution in [0.2, 0.25) is 0 Å². The first kappa shape index (κ1) is 58.3. The summed E-state index contributed by atoms with van der Waals surface area (Å²) < 4.78 is 61.1. The lowest BCUT2D eigenvalue weighted by molar-refractivity contribution is -0.391. The predicted molar refractivity (Wildman–Crippen MR) is 255 cm³/mol. The molecular formula is C52H86O23. The Labute approximate surface area is 437 Å². The van der Waals surface area contributed by atoms with Crippen molar-refractivity contribution in [2.24, 2.45) is 46.3 Å². The van der Waals surface area contributed by atoms with E-state index in [2.05, 4.69) is 26.8 Å². The largest absolute Gasteiger partial charge is 0.492 e. The second-order valence-corrected chi connectivity index (χ2v) is 24.3. The van der Waals surface area contributed by atoms with Crippen LogP contribution < -0.4 is 0 Å². The minimum Gasteiger partial charge on any atom is -0.492 e. The van der Waals surface area contributed by atoms with Crippen molar-refractivity contribution >= 4 is 0 Å². The smallest absolute Gasteiger partial charge is 0.187 e. The summed E-state index contributed by atoms with van der Waals surface area (Å²) in [5, 5.41) is 139. The molecule has 0 radical (unpaired) electrons. The molecular weight excluding hydrogens is 993 g/mol. The van der Waals surface area contributed by atoms with Crippen LogP contribution in [0.3, 0.4) is 0 Å². The second-order valence-electron chi connectivity index (χ2n) is 24.3. The molecule has 23 heteroatoms. The van der Waals surface area contributed by atoms with E-state index in [-0.39, 0.29) is 47.2 Å². The Kier molecular flexibility index (Phi) is 17.5. The van der Waals surface area contributed by atoms with Crippen LogP contribution in [-0.4, -0.2) is 240 Å². The normalized spacial score (nSPS) is 55.9. The first-order valence-corrected chi connectivity index (χ1v) is 27.2. The van der Waals surface area contributed by atoms with E-state index in [1.807, 2.05) is 6.92 Å². The Balaban J connectivity index is 0.867. The van der Waals surface area contributed by atoms with Gasteiger partial charge in [0.25, 0.3) is 0 Å². The van der Waals surface area contributed by atoms with E-state index in [0.717, 1.165) is 37.9 Å². The predicted octanol–water partition coefficient (Wildman–Crippen LogP) is -2.35. The van der Waals surface area contributed by atoms with Gasteiger partial charge in [0, 0.05) is 13.0 Å². The van der Waals surface area contributed by atoms with Gasteiger partial charge in [-0.2, -0.15) is 0 Å². The fourth-order valence-electron chi connectivity index (χ4n) is 15.4. The van der Waals surface area contributed by atoms with E-state index < -0.39 is 154 Å². The molecule has 13 N–H and O–H groups in total. The highest BCUT2D eigenvalue weighted by atomic mass is 16.8. The van der Waals surface area contributed by atoms with Crippen LogP contribution >= 0.6 is 0 Å². The maximum absolute atomic E-state index is 12.2. The number of hydrogen-bond donors (Lipinski definition) is 13. The van der Waals surface area contributed by atoms with Crippen molar-refractivity contribution in [2.75, 3.05) is 26.9 Å². The molecule has 75 heavy (non-hydrogen) atoms. The van der Waals surface area contributed by atoms with Gasteiger partial charge in [-0.25, -0.2) is 0 Å². The molecule has 4 aliphatic carbocycles. The van der Waals surface area contributed by atoms with Gasteiger partial charge in [-0.3, -0.25) is 0 Å². The second kappa shape index (κ2) is 22.5. The summed E-state index contributed by atoms with van der Waals surface area (Å²) in [7, 11) is 1.73. The molecule has 9 fully saturated rings. The average molecular weight is 1080 g/mol. The molecule has 0 aromatic carbocycles. The Morgan fingerprint density at radius 2 is 1.20 bits per heavy atom. The highest BCUT2D eigenvalue weighted by Gasteiger charge is 2.70. The number of ether oxygens (including phenoxy) is 10. The molecule has 0 aromatic rings. The summed E-state index contributed by atoms with van der Waals surface area (Å²) in [6.45, 7) is 10.6. The van der Waals surface area contributed by atoms with Gasteiger partial charge < -0.3 is 114 Å². The fraction of sp³-hybridized carbons (Fsp3) is 0.962. The summed E-state index contributed by atoms with van der Waals surface area (Å²) in [6, 6.07) is 0. The minimum atomic E-state index is -1.79. The van der Waals surface area contributed by atoms with E-state index in [9.17, 15) is 66.4 Å². The number of aliphatic hydroxyl groups is 13. The quantitative estimate of drug-likeness (QED) is 0.0810. The Morgan fingerprint density at radius 1 is 0.613 bits per heavy atom. The van der Waals surface area contributed by atoms with Crippen molar-refractivity contribution in [2.45, 2.75) is 240 Å². The summed E-state index contributed by atoms with van der Waals surface area (Å²) in [4.78, 5) is 0. The lowest BCUT2D eigenvalue weighted by Gasteiger charge is -2.62. The van der Waals surface area contributed by atoms with Gasteiger partial charge in [0.2, 0.25) is 0 Å². The van der Waals surface area contributed by atoms with Crippen LogP contribution in [0.25, 0.3) is 0 Å². The number of aliphatic hydroxyl groups excluding tert-OH is 13. The zero-order valence-corrected chi connectivity index (χ0v) is 44.0. The van der Waals surface area contributed by atoms with E-state index in [4.69, 9.17) is 47.4 Å². The van der Waals surface area contributed by atoms with Gasteiger partial charge in [-0.1, -0.05) is 20.8 Å². The van der Waals surface area contributed by atoms with Crippen LogP contribution in [0.5, 0.6) is 0 Å². The van der Waals surface area contributed by atoms with Crippen LogP contribution in [0, 0.1) is 46.3 Å². The Morgan fingerprint density at radius 3 is 1.81 bits per heavy atom. The molecule has 5 heterocycles. The molecule has 5 saturated heterocycles. The zero-order valence-electron chi connectivity index (χ0n) is 44.0. The van der Waals surface area contributed by atoms with Crippen LogP contribution in [0.15, 0.2) is 11.8 Å². The van der Waals surface area contributed by atoms with Gasteiger partial charge in [-0.15, -0.1) is 0 Å². The topological polar surface area (TPSA) is 355 Å². The number of allylic oxidation sites excluding steroid dienone is 1. The molecule has 0 amide bonds. The van der Waals surface area contributed by atoms with Crippen molar-refractivity contribution in [1.82, 2.24) is 0 Å². The summed E-state index contributed by atoms with van der Waals surface area (Å²) in [6.07, 6.45) is -23.6. The molecule has 32 unspecified atom stereocenters. The van der Waals surface area contributed by atoms with Crippen LogP contribution in [0.4, 0.5) is 0 Å². The average Bonchev–Trinajstić information content (AvgIpc) is 3.93. The van der Waals surface area contributed by atoms with Crippen molar-refractivity contribution < 1.29 is 114 Å². The summed E-state index contributed by atoms with van der Waals surface area (Å²) in [5.74, 6) is 1.87. The molecule has 32 atom stereocenters. The third-order valence-corrected chi connectivity index (χ3v) is 19.9. The van der Waals surface area contributed by atoms with Gasteiger partial charge in [0.15, 0.2) is 25.2 Å². The third-order valence-electron chi connectivity index (χ3n) is 19.9. The molecule has 0 bridgehead atoms. The SMILES string of the molecule is COC1(C)C(=CCC(C)COC2OC(CO)C(O)C(O)C2O)OC2CC3C4CCC5CC(OC6OC(CO)C(OC7OC(C)C(O)C(O)C7O)C(O)C6OC6OC(C)C(O)C(O)C6O)C(O)CC5(C)C4CCC3(C)C21. The van der Waals surface area contributed by atoms with E-state index >= 15 is 0 Å². The lowest BCUT2D eigenvalue weighted by Crippen LogP contribution is -2.67. The lowest BCUT2D eigenvalue weighted by atomic mass is 9.44. The number of hydrogen-bond acceptors (Lipinski definition) is 23.